The topological polar surface area (TPSA) is 49.8 Å². The molecule has 11 heavy (non-hydrogen) atoms. The molecule has 4 heteroatoms. The van der Waals surface area contributed by atoms with Gasteiger partial charge in [-0.1, -0.05) is 0 Å². The number of nitrogens with zero attached hydrogens (tertiary/aromatic N) is 1. The molecule has 0 aromatic carbocycles. The summed E-state index contributed by atoms with van der Waals surface area (Å²) < 4.78 is 0. The average molecular weight is 161 g/mol. The Morgan fingerprint density at radius 1 is 1.55 bits per heavy atom. The Kier molecular flexibility index (Phi) is 3.48. The van der Waals surface area contributed by atoms with Gasteiger partial charge in [-0.15, -0.1) is 0 Å². The third kappa shape index (κ3) is 7.29. The molecule has 0 aliphatic rings. The van der Waals surface area contributed by atoms with Crippen LogP contribution in [0.5, 0.6) is 0 Å². The van der Waals surface area contributed by atoms with E-state index in [1.54, 1.807) is 7.05 Å². The van der Waals surface area contributed by atoms with Gasteiger partial charge in [0.05, 0.1) is 5.60 Å². The molecule has 0 fully saturated rings. The fourth-order valence-corrected chi connectivity index (χ4v) is 0.690. The number of rotatable bonds is 3. The van der Waals surface area contributed by atoms with Crippen molar-refractivity contribution in [2.24, 2.45) is 0 Å². The number of carboxylic acids is 1. The molecule has 0 aromatic rings. The van der Waals surface area contributed by atoms with Crippen molar-refractivity contribution in [3.05, 3.63) is 0 Å². The van der Waals surface area contributed by atoms with E-state index in [-0.39, 0.29) is 12.1 Å². The lowest BCUT2D eigenvalue weighted by Crippen LogP contribution is -2.34. The monoisotopic (exact) mass is 161 g/mol. The van der Waals surface area contributed by atoms with E-state index in [2.05, 4.69) is 0 Å². The highest BCUT2D eigenvalue weighted by molar-refractivity contribution is 5.68. The first-order chi connectivity index (χ1) is 4.81. The number of carboxylic acid groups (broad SMARTS) is 1. The number of hydrogen-bond donors (Lipinski definition) is 1. The average Bonchev–Trinajstić information content (AvgIpc) is 1.53. The van der Waals surface area contributed by atoms with Crippen molar-refractivity contribution in [2.75, 3.05) is 13.6 Å². The highest BCUT2D eigenvalue weighted by Crippen LogP contribution is 2.07. The second-order valence-electron chi connectivity index (χ2n) is 3.38. The van der Waals surface area contributed by atoms with Crippen molar-refractivity contribution in [3.63, 3.8) is 0 Å². The Labute approximate surface area is 66.7 Å². The molecule has 0 unspecified atom stereocenters. The van der Waals surface area contributed by atoms with Gasteiger partial charge < -0.3 is 5.11 Å². The Morgan fingerprint density at radius 2 is 2.00 bits per heavy atom. The smallest absolute Gasteiger partial charge is 0.320 e. The second-order valence-corrected chi connectivity index (χ2v) is 3.38. The van der Waals surface area contributed by atoms with Crippen LogP contribution >= 0.6 is 0 Å². The van der Waals surface area contributed by atoms with Crippen LogP contribution in [-0.4, -0.2) is 35.3 Å². The van der Waals surface area contributed by atoms with Crippen LogP contribution < -0.4 is 0 Å². The Hall–Kier alpha value is -0.610. The molecule has 0 radical (unpaired) electrons. The highest BCUT2D eigenvalue weighted by atomic mass is 16.7. The summed E-state index contributed by atoms with van der Waals surface area (Å²) in [5.74, 6) is -0.892. The van der Waals surface area contributed by atoms with E-state index >= 15 is 0 Å². The third-order valence-corrected chi connectivity index (χ3v) is 0.788. The summed E-state index contributed by atoms with van der Waals surface area (Å²) in [6.45, 7) is 5.50. The van der Waals surface area contributed by atoms with Crippen molar-refractivity contribution < 1.29 is 14.7 Å². The molecule has 66 valence electrons. The maximum absolute atomic E-state index is 10.2. The van der Waals surface area contributed by atoms with E-state index in [0.717, 1.165) is 0 Å². The van der Waals surface area contributed by atoms with E-state index in [4.69, 9.17) is 9.94 Å². The van der Waals surface area contributed by atoms with Crippen molar-refractivity contribution in [2.45, 2.75) is 26.4 Å². The fourth-order valence-electron chi connectivity index (χ4n) is 0.690. The molecule has 0 aromatic heterocycles. The molecule has 1 N–H and O–H groups in total. The Balaban J connectivity index is 3.69. The summed E-state index contributed by atoms with van der Waals surface area (Å²) >= 11 is 0. The summed E-state index contributed by atoms with van der Waals surface area (Å²) in [6, 6.07) is 0. The SMILES string of the molecule is CN(CC(=O)O)OC(C)(C)C. The van der Waals surface area contributed by atoms with Crippen LogP contribution in [-0.2, 0) is 9.63 Å². The quantitative estimate of drug-likeness (QED) is 0.620. The zero-order valence-corrected chi connectivity index (χ0v) is 7.42. The van der Waals surface area contributed by atoms with Gasteiger partial charge in [-0.3, -0.25) is 9.63 Å². The third-order valence-electron chi connectivity index (χ3n) is 0.788. The zero-order chi connectivity index (χ0) is 9.07. The molecular weight excluding hydrogens is 146 g/mol. The van der Waals surface area contributed by atoms with Crippen LogP contribution in [0.4, 0.5) is 0 Å². The first-order valence-electron chi connectivity index (χ1n) is 3.43. The fraction of sp³-hybridized carbons (Fsp3) is 0.857. The Morgan fingerprint density at radius 3 is 2.27 bits per heavy atom. The largest absolute Gasteiger partial charge is 0.480 e. The molecular formula is C7H15NO3. The van der Waals surface area contributed by atoms with Crippen molar-refractivity contribution in [1.29, 1.82) is 0 Å². The van der Waals surface area contributed by atoms with Crippen molar-refractivity contribution in [3.8, 4) is 0 Å². The van der Waals surface area contributed by atoms with Crippen molar-refractivity contribution in [1.82, 2.24) is 5.06 Å². The highest BCUT2D eigenvalue weighted by Gasteiger charge is 2.15. The lowest BCUT2D eigenvalue weighted by atomic mass is 10.2. The molecule has 0 heterocycles. The maximum Gasteiger partial charge on any atom is 0.320 e. The molecule has 0 saturated carbocycles. The summed E-state index contributed by atoms with van der Waals surface area (Å²) in [7, 11) is 1.60. The van der Waals surface area contributed by atoms with Gasteiger partial charge >= 0.3 is 5.97 Å². The van der Waals surface area contributed by atoms with Crippen molar-refractivity contribution >= 4 is 5.97 Å². The number of aliphatic carboxylic acids is 1. The van der Waals surface area contributed by atoms with Crippen LogP contribution in [0.25, 0.3) is 0 Å². The normalized spacial score (nSPS) is 12.1. The predicted octanol–water partition coefficient (Wildman–Crippen LogP) is 0.733. The standard InChI is InChI=1S/C7H15NO3/c1-7(2,3)11-8(4)5-6(9)10/h5H2,1-4H3,(H,9,10). The van der Waals surface area contributed by atoms with Gasteiger partial charge in [-0.25, -0.2) is 0 Å². The molecule has 0 bridgehead atoms. The Bertz CT molecular complexity index is 139. The van der Waals surface area contributed by atoms with E-state index in [9.17, 15) is 4.79 Å². The first kappa shape index (κ1) is 10.4. The van der Waals surface area contributed by atoms with E-state index in [1.807, 2.05) is 20.8 Å². The number of hydrogen-bond acceptors (Lipinski definition) is 3. The number of hydroxylamine groups is 2. The van der Waals surface area contributed by atoms with E-state index in [1.165, 1.54) is 5.06 Å². The molecule has 0 aliphatic heterocycles. The van der Waals surface area contributed by atoms with Gasteiger partial charge in [-0.05, 0) is 20.8 Å². The maximum atomic E-state index is 10.2. The van der Waals surface area contributed by atoms with Gasteiger partial charge in [-0.2, -0.15) is 5.06 Å². The minimum atomic E-state index is -0.892. The van der Waals surface area contributed by atoms with Gasteiger partial charge in [0.1, 0.15) is 6.54 Å². The van der Waals surface area contributed by atoms with E-state index < -0.39 is 5.97 Å². The number of carbonyl (C=O) groups is 1. The predicted molar refractivity (Wildman–Crippen MR) is 41.1 cm³/mol. The molecule has 0 saturated heterocycles. The minimum Gasteiger partial charge on any atom is -0.480 e. The molecule has 0 rings (SSSR count). The summed E-state index contributed by atoms with van der Waals surface area (Å²) in [5, 5.41) is 9.67. The van der Waals surface area contributed by atoms with E-state index in [0.29, 0.717) is 0 Å². The van der Waals surface area contributed by atoms with Crippen LogP contribution in [0.3, 0.4) is 0 Å². The van der Waals surface area contributed by atoms with Crippen LogP contribution in [0.2, 0.25) is 0 Å². The number of likely N-dealkylation sites (N-methyl/N-ethyl adjacent to an activating group) is 1. The second kappa shape index (κ2) is 3.69. The lowest BCUT2D eigenvalue weighted by molar-refractivity contribution is -0.216. The van der Waals surface area contributed by atoms with Gasteiger partial charge in [0, 0.05) is 7.05 Å². The van der Waals surface area contributed by atoms with Crippen LogP contribution in [0.15, 0.2) is 0 Å². The van der Waals surface area contributed by atoms with Gasteiger partial charge in [0.25, 0.3) is 0 Å². The van der Waals surface area contributed by atoms with Gasteiger partial charge in [0.2, 0.25) is 0 Å². The molecule has 4 nitrogen and oxygen atoms in total. The zero-order valence-electron chi connectivity index (χ0n) is 7.42. The minimum absolute atomic E-state index is 0.0999. The molecule has 0 spiro atoms. The van der Waals surface area contributed by atoms with Crippen LogP contribution in [0.1, 0.15) is 20.8 Å². The summed E-state index contributed by atoms with van der Waals surface area (Å²) in [6.07, 6.45) is 0. The van der Waals surface area contributed by atoms with Crippen LogP contribution in [0, 0.1) is 0 Å². The summed E-state index contributed by atoms with van der Waals surface area (Å²) in [4.78, 5) is 15.4. The molecule has 0 aliphatic carbocycles. The lowest BCUT2D eigenvalue weighted by Gasteiger charge is -2.25. The molecule has 0 atom stereocenters. The van der Waals surface area contributed by atoms with Gasteiger partial charge in [0.15, 0.2) is 0 Å². The first-order valence-corrected chi connectivity index (χ1v) is 3.43. The summed E-state index contributed by atoms with van der Waals surface area (Å²) in [5.41, 5.74) is -0.329. The molecule has 0 amide bonds.